The molecule has 2 aromatic rings. The minimum atomic E-state index is -0.913. The summed E-state index contributed by atoms with van der Waals surface area (Å²) in [6, 6.07) is 12.0. The zero-order valence-corrected chi connectivity index (χ0v) is 14.5. The number of fused-ring (bicyclic) bond motifs is 6. The number of imide groups is 1. The molecule has 2 aromatic carbocycles. The van der Waals surface area contributed by atoms with Crippen LogP contribution in [0.1, 0.15) is 34.3 Å². The normalized spacial score (nSPS) is 25.6. The van der Waals surface area contributed by atoms with Crippen LogP contribution in [0.4, 0.5) is 11.4 Å². The van der Waals surface area contributed by atoms with Crippen LogP contribution in [0, 0.1) is 10.1 Å². The van der Waals surface area contributed by atoms with Crippen LogP contribution in [0.2, 0.25) is 0 Å². The van der Waals surface area contributed by atoms with E-state index >= 15 is 0 Å². The summed E-state index contributed by atoms with van der Waals surface area (Å²) in [6.07, 6.45) is 2.12. The second-order valence-corrected chi connectivity index (χ2v) is 7.40. The average Bonchev–Trinajstić information content (AvgIpc) is 3.16. The van der Waals surface area contributed by atoms with E-state index < -0.39 is 10.3 Å². The molecule has 1 N–H and O–H groups in total. The summed E-state index contributed by atoms with van der Waals surface area (Å²) >= 11 is 0. The standard InChI is InChI=1S/C20H17N3O4/c24-18-14-4-1-2-5-15(14)20(19(25)21-18)11-12-10-13(23(26)27)7-8-16(12)22-9-3-6-17(20)22/h1-2,4-5,7-8,10,17H,3,6,9,11H2,(H,21,24,25). The molecule has 0 saturated carbocycles. The first kappa shape index (κ1) is 16.0. The Hall–Kier alpha value is -3.22. The molecule has 3 aliphatic rings. The van der Waals surface area contributed by atoms with Gasteiger partial charge in [0.25, 0.3) is 11.6 Å². The van der Waals surface area contributed by atoms with Gasteiger partial charge in [-0.05, 0) is 42.5 Å². The van der Waals surface area contributed by atoms with Crippen LogP contribution in [0.3, 0.4) is 0 Å². The fourth-order valence-electron chi connectivity index (χ4n) is 5.07. The smallest absolute Gasteiger partial charge is 0.269 e. The summed E-state index contributed by atoms with van der Waals surface area (Å²) in [5.74, 6) is -0.684. The highest BCUT2D eigenvalue weighted by atomic mass is 16.6. The molecule has 3 heterocycles. The first-order chi connectivity index (χ1) is 13.0. The van der Waals surface area contributed by atoms with Gasteiger partial charge in [0.1, 0.15) is 0 Å². The van der Waals surface area contributed by atoms with Gasteiger partial charge < -0.3 is 4.90 Å². The van der Waals surface area contributed by atoms with Crippen LogP contribution in [-0.2, 0) is 16.6 Å². The molecule has 1 fully saturated rings. The van der Waals surface area contributed by atoms with Gasteiger partial charge in [-0.3, -0.25) is 25.0 Å². The Kier molecular flexibility index (Phi) is 3.19. The van der Waals surface area contributed by atoms with Gasteiger partial charge in [0.2, 0.25) is 5.91 Å². The van der Waals surface area contributed by atoms with E-state index in [4.69, 9.17) is 0 Å². The Bertz CT molecular complexity index is 1020. The molecule has 7 heteroatoms. The highest BCUT2D eigenvalue weighted by molar-refractivity contribution is 6.14. The number of amides is 2. The SMILES string of the molecule is O=C1NC(=O)C2(Cc3cc([N+](=O)[O-])ccc3N3CCCC32)c2ccccc21. The molecule has 136 valence electrons. The Balaban J connectivity index is 1.77. The van der Waals surface area contributed by atoms with Crippen LogP contribution in [0.5, 0.6) is 0 Å². The van der Waals surface area contributed by atoms with E-state index in [2.05, 4.69) is 10.2 Å². The lowest BCUT2D eigenvalue weighted by Crippen LogP contribution is -2.64. The van der Waals surface area contributed by atoms with E-state index in [-0.39, 0.29) is 23.5 Å². The second-order valence-electron chi connectivity index (χ2n) is 7.40. The number of nitro benzene ring substituents is 1. The van der Waals surface area contributed by atoms with E-state index in [1.54, 1.807) is 24.3 Å². The molecule has 7 nitrogen and oxygen atoms in total. The first-order valence-corrected chi connectivity index (χ1v) is 9.01. The van der Waals surface area contributed by atoms with Gasteiger partial charge in [0.05, 0.1) is 10.3 Å². The number of hydrogen-bond acceptors (Lipinski definition) is 5. The van der Waals surface area contributed by atoms with Crippen molar-refractivity contribution in [2.45, 2.75) is 30.7 Å². The van der Waals surface area contributed by atoms with Gasteiger partial charge in [-0.1, -0.05) is 18.2 Å². The van der Waals surface area contributed by atoms with Crippen LogP contribution in [0.25, 0.3) is 0 Å². The summed E-state index contributed by atoms with van der Waals surface area (Å²) in [5, 5.41) is 13.8. The van der Waals surface area contributed by atoms with Crippen LogP contribution in [0.15, 0.2) is 42.5 Å². The first-order valence-electron chi connectivity index (χ1n) is 9.01. The molecule has 3 aliphatic heterocycles. The topological polar surface area (TPSA) is 92.5 Å². The number of non-ortho nitro benzene ring substituents is 1. The van der Waals surface area contributed by atoms with Crippen molar-refractivity contribution in [1.29, 1.82) is 0 Å². The lowest BCUT2D eigenvalue weighted by atomic mass is 9.63. The Morgan fingerprint density at radius 3 is 2.81 bits per heavy atom. The number of rotatable bonds is 1. The molecule has 2 amide bonds. The summed E-state index contributed by atoms with van der Waals surface area (Å²) in [5.41, 5.74) is 2.08. The number of benzene rings is 2. The van der Waals surface area contributed by atoms with Crippen molar-refractivity contribution in [3.8, 4) is 0 Å². The predicted octanol–water partition coefficient (Wildman–Crippen LogP) is 2.33. The Morgan fingerprint density at radius 1 is 1.19 bits per heavy atom. The van der Waals surface area contributed by atoms with Gasteiger partial charge in [-0.15, -0.1) is 0 Å². The fraction of sp³-hybridized carbons (Fsp3) is 0.300. The van der Waals surface area contributed by atoms with Crippen LogP contribution in [-0.4, -0.2) is 29.3 Å². The molecular weight excluding hydrogens is 346 g/mol. The lowest BCUT2D eigenvalue weighted by molar-refractivity contribution is -0.384. The quantitative estimate of drug-likeness (QED) is 0.477. The number of nitrogens with zero attached hydrogens (tertiary/aromatic N) is 2. The van der Waals surface area contributed by atoms with Gasteiger partial charge in [-0.25, -0.2) is 0 Å². The number of nitro groups is 1. The van der Waals surface area contributed by atoms with Gasteiger partial charge in [0.15, 0.2) is 0 Å². The lowest BCUT2D eigenvalue weighted by Gasteiger charge is -2.49. The molecule has 0 aliphatic carbocycles. The summed E-state index contributed by atoms with van der Waals surface area (Å²) < 4.78 is 0. The Labute approximate surface area is 155 Å². The molecule has 27 heavy (non-hydrogen) atoms. The van der Waals surface area contributed by atoms with Crippen molar-refractivity contribution in [2.75, 3.05) is 11.4 Å². The average molecular weight is 363 g/mol. The molecule has 1 saturated heterocycles. The van der Waals surface area contributed by atoms with Crippen molar-refractivity contribution in [3.05, 3.63) is 69.3 Å². The highest BCUT2D eigenvalue weighted by Crippen LogP contribution is 2.50. The van der Waals surface area contributed by atoms with E-state index in [9.17, 15) is 19.7 Å². The molecular formula is C20H17N3O4. The van der Waals surface area contributed by atoms with Gasteiger partial charge in [0, 0.05) is 36.0 Å². The van der Waals surface area contributed by atoms with Gasteiger partial charge in [-0.2, -0.15) is 0 Å². The number of nitrogens with one attached hydrogen (secondary N) is 1. The van der Waals surface area contributed by atoms with E-state index in [1.807, 2.05) is 12.1 Å². The maximum Gasteiger partial charge on any atom is 0.269 e. The number of carbonyl (C=O) groups excluding carboxylic acids is 2. The predicted molar refractivity (Wildman–Crippen MR) is 97.8 cm³/mol. The molecule has 0 aromatic heterocycles. The molecule has 2 atom stereocenters. The van der Waals surface area contributed by atoms with Crippen molar-refractivity contribution in [3.63, 3.8) is 0 Å². The third-order valence-corrected chi connectivity index (χ3v) is 6.16. The fourth-order valence-corrected chi connectivity index (χ4v) is 5.07. The minimum Gasteiger partial charge on any atom is -0.367 e. The van der Waals surface area contributed by atoms with Crippen molar-refractivity contribution >= 4 is 23.2 Å². The van der Waals surface area contributed by atoms with E-state index in [0.29, 0.717) is 12.0 Å². The Morgan fingerprint density at radius 2 is 2.00 bits per heavy atom. The second kappa shape index (κ2) is 5.39. The minimum absolute atomic E-state index is 0.0159. The maximum absolute atomic E-state index is 13.2. The van der Waals surface area contributed by atoms with Gasteiger partial charge >= 0.3 is 0 Å². The van der Waals surface area contributed by atoms with Crippen LogP contribution >= 0.6 is 0 Å². The molecule has 0 radical (unpaired) electrons. The molecule has 2 unspecified atom stereocenters. The van der Waals surface area contributed by atoms with E-state index in [1.165, 1.54) is 6.07 Å². The maximum atomic E-state index is 13.2. The number of hydrogen-bond donors (Lipinski definition) is 1. The summed E-state index contributed by atoms with van der Waals surface area (Å²) in [4.78, 5) is 38.6. The largest absolute Gasteiger partial charge is 0.367 e. The number of anilines is 1. The van der Waals surface area contributed by atoms with Crippen molar-refractivity contribution in [2.24, 2.45) is 0 Å². The third-order valence-electron chi connectivity index (χ3n) is 6.16. The van der Waals surface area contributed by atoms with Crippen molar-refractivity contribution in [1.82, 2.24) is 5.32 Å². The number of carbonyl (C=O) groups is 2. The monoisotopic (exact) mass is 363 g/mol. The highest BCUT2D eigenvalue weighted by Gasteiger charge is 2.57. The molecule has 1 spiro atoms. The third kappa shape index (κ3) is 2.02. The molecule has 5 rings (SSSR count). The molecule has 0 bridgehead atoms. The summed E-state index contributed by atoms with van der Waals surface area (Å²) in [7, 11) is 0. The van der Waals surface area contributed by atoms with Crippen molar-refractivity contribution < 1.29 is 14.5 Å². The zero-order chi connectivity index (χ0) is 18.8. The summed E-state index contributed by atoms with van der Waals surface area (Å²) in [6.45, 7) is 0.792. The van der Waals surface area contributed by atoms with Crippen LogP contribution < -0.4 is 10.2 Å². The zero-order valence-electron chi connectivity index (χ0n) is 14.5. The van der Waals surface area contributed by atoms with E-state index in [0.717, 1.165) is 36.2 Å².